The summed E-state index contributed by atoms with van der Waals surface area (Å²) in [5.41, 5.74) is 0.271. The van der Waals surface area contributed by atoms with Crippen LogP contribution in [-0.2, 0) is 6.42 Å². The molecule has 0 radical (unpaired) electrons. The number of hydrogen-bond donors (Lipinski definition) is 1. The van der Waals surface area contributed by atoms with Crippen molar-refractivity contribution in [3.8, 4) is 0 Å². The maximum atomic E-state index is 14.3. The van der Waals surface area contributed by atoms with Crippen LogP contribution < -0.4 is 5.32 Å². The van der Waals surface area contributed by atoms with Crippen LogP contribution in [-0.4, -0.2) is 12.6 Å². The molecule has 0 aliphatic heterocycles. The van der Waals surface area contributed by atoms with Crippen molar-refractivity contribution in [2.75, 3.05) is 6.54 Å². The molecule has 2 saturated carbocycles. The predicted octanol–water partition coefficient (Wildman–Crippen LogP) is 4.97. The number of halogens is 3. The van der Waals surface area contributed by atoms with Gasteiger partial charge in [-0.05, 0) is 65.6 Å². The van der Waals surface area contributed by atoms with E-state index in [2.05, 4.69) is 21.2 Å². The molecule has 3 rings (SSSR count). The molecule has 2 aliphatic rings. The summed E-state index contributed by atoms with van der Waals surface area (Å²) in [6, 6.07) is 3.46. The van der Waals surface area contributed by atoms with Crippen LogP contribution in [0.1, 0.15) is 50.5 Å². The Morgan fingerprint density at radius 3 is 2.52 bits per heavy atom. The smallest absolute Gasteiger partial charge is 0.143 e. The van der Waals surface area contributed by atoms with Gasteiger partial charge >= 0.3 is 0 Å². The molecule has 1 nitrogen and oxygen atoms in total. The van der Waals surface area contributed by atoms with E-state index >= 15 is 0 Å². The van der Waals surface area contributed by atoms with Gasteiger partial charge in [-0.2, -0.15) is 0 Å². The molecule has 116 valence electrons. The summed E-state index contributed by atoms with van der Waals surface area (Å²) in [5.74, 6) is -0.835. The second-order valence-corrected chi connectivity index (χ2v) is 7.57. The van der Waals surface area contributed by atoms with E-state index in [0.717, 1.165) is 19.4 Å². The third kappa shape index (κ3) is 3.65. The normalized spacial score (nSPS) is 21.5. The van der Waals surface area contributed by atoms with Crippen molar-refractivity contribution in [2.24, 2.45) is 5.41 Å². The molecule has 0 atom stereocenters. The van der Waals surface area contributed by atoms with Crippen LogP contribution in [0.25, 0.3) is 0 Å². The van der Waals surface area contributed by atoms with E-state index in [4.69, 9.17) is 0 Å². The molecule has 0 saturated heterocycles. The van der Waals surface area contributed by atoms with E-state index in [0.29, 0.717) is 16.9 Å². The first-order valence-corrected chi connectivity index (χ1v) is 8.75. The summed E-state index contributed by atoms with van der Waals surface area (Å²) < 4.78 is 28.7. The van der Waals surface area contributed by atoms with Gasteiger partial charge in [0.05, 0.1) is 4.47 Å². The molecular weight excluding hydrogens is 336 g/mol. The lowest BCUT2D eigenvalue weighted by atomic mass is 9.70. The summed E-state index contributed by atoms with van der Waals surface area (Å²) >= 11 is 3.18. The molecule has 0 bridgehead atoms. The molecule has 0 amide bonds. The molecule has 0 unspecified atom stereocenters. The van der Waals surface area contributed by atoms with Crippen molar-refractivity contribution in [1.82, 2.24) is 5.32 Å². The third-order valence-electron chi connectivity index (χ3n) is 4.95. The van der Waals surface area contributed by atoms with Crippen LogP contribution >= 0.6 is 15.9 Å². The Bertz CT molecular complexity index is 508. The van der Waals surface area contributed by atoms with E-state index in [1.165, 1.54) is 44.2 Å². The van der Waals surface area contributed by atoms with Crippen molar-refractivity contribution in [3.05, 3.63) is 33.8 Å². The van der Waals surface area contributed by atoms with Crippen molar-refractivity contribution < 1.29 is 8.78 Å². The van der Waals surface area contributed by atoms with Crippen LogP contribution in [0.4, 0.5) is 8.78 Å². The fraction of sp³-hybridized carbons (Fsp3) is 0.647. The maximum Gasteiger partial charge on any atom is 0.143 e. The molecule has 21 heavy (non-hydrogen) atoms. The van der Waals surface area contributed by atoms with Crippen LogP contribution in [0.15, 0.2) is 16.6 Å². The predicted molar refractivity (Wildman–Crippen MR) is 84.3 cm³/mol. The number of nitrogens with one attached hydrogen (secondary N) is 1. The van der Waals surface area contributed by atoms with Crippen molar-refractivity contribution >= 4 is 15.9 Å². The molecule has 4 heteroatoms. The van der Waals surface area contributed by atoms with Crippen molar-refractivity contribution in [2.45, 2.75) is 57.4 Å². The molecule has 1 aromatic carbocycles. The second-order valence-electron chi connectivity index (χ2n) is 6.71. The highest BCUT2D eigenvalue weighted by molar-refractivity contribution is 9.10. The standard InChI is InChI=1S/C17H22BrF2N/c18-14-6-7-15(19)13(16(14)20)10-17(8-2-1-3-9-17)11-21-12-4-5-12/h6-7,12,21H,1-5,8-11H2. The zero-order valence-corrected chi connectivity index (χ0v) is 13.8. The van der Waals surface area contributed by atoms with Gasteiger partial charge in [0.2, 0.25) is 0 Å². The van der Waals surface area contributed by atoms with Crippen molar-refractivity contribution in [1.29, 1.82) is 0 Å². The molecule has 1 aromatic rings. The first-order valence-electron chi connectivity index (χ1n) is 7.95. The average Bonchev–Trinajstić information content (AvgIpc) is 3.31. The van der Waals surface area contributed by atoms with Gasteiger partial charge < -0.3 is 5.32 Å². The SMILES string of the molecule is Fc1ccc(Br)c(F)c1CC1(CNC2CC2)CCCCC1. The topological polar surface area (TPSA) is 12.0 Å². The van der Waals surface area contributed by atoms with Crippen LogP contribution in [0.3, 0.4) is 0 Å². The van der Waals surface area contributed by atoms with Crippen LogP contribution in [0, 0.1) is 17.0 Å². The first-order chi connectivity index (χ1) is 10.1. The molecule has 0 spiro atoms. The molecular formula is C17H22BrF2N. The largest absolute Gasteiger partial charge is 0.313 e. The first kappa shape index (κ1) is 15.4. The van der Waals surface area contributed by atoms with Crippen LogP contribution in [0.2, 0.25) is 0 Å². The fourth-order valence-corrected chi connectivity index (χ4v) is 3.84. The molecule has 2 fully saturated rings. The highest BCUT2D eigenvalue weighted by atomic mass is 79.9. The summed E-state index contributed by atoms with van der Waals surface area (Å²) in [5, 5.41) is 3.58. The quantitative estimate of drug-likeness (QED) is 0.733. The maximum absolute atomic E-state index is 14.3. The lowest BCUT2D eigenvalue weighted by molar-refractivity contribution is 0.176. The minimum absolute atomic E-state index is 0.0172. The summed E-state index contributed by atoms with van der Waals surface area (Å²) in [4.78, 5) is 0. The van der Waals surface area contributed by atoms with E-state index in [1.807, 2.05) is 0 Å². The number of hydrogen-bond acceptors (Lipinski definition) is 1. The zero-order chi connectivity index (χ0) is 14.9. The van der Waals surface area contributed by atoms with Gasteiger partial charge in [0.15, 0.2) is 0 Å². The Labute approximate surface area is 133 Å². The third-order valence-corrected chi connectivity index (χ3v) is 5.56. The Balaban J connectivity index is 1.81. The van der Waals surface area contributed by atoms with Crippen LogP contribution in [0.5, 0.6) is 0 Å². The van der Waals surface area contributed by atoms with E-state index in [-0.39, 0.29) is 11.0 Å². The second kappa shape index (κ2) is 6.33. The minimum atomic E-state index is -0.425. The minimum Gasteiger partial charge on any atom is -0.313 e. The van der Waals surface area contributed by atoms with Gasteiger partial charge in [-0.3, -0.25) is 0 Å². The summed E-state index contributed by atoms with van der Waals surface area (Å²) in [6.07, 6.45) is 8.72. The van der Waals surface area contributed by atoms with E-state index in [1.54, 1.807) is 0 Å². The van der Waals surface area contributed by atoms with E-state index < -0.39 is 11.6 Å². The number of rotatable bonds is 5. The summed E-state index contributed by atoms with van der Waals surface area (Å²) in [6.45, 7) is 0.892. The Morgan fingerprint density at radius 2 is 1.86 bits per heavy atom. The lowest BCUT2D eigenvalue weighted by Crippen LogP contribution is -2.39. The van der Waals surface area contributed by atoms with Gasteiger partial charge in [-0.15, -0.1) is 0 Å². The van der Waals surface area contributed by atoms with Crippen molar-refractivity contribution in [3.63, 3.8) is 0 Å². The molecule has 0 heterocycles. The average molecular weight is 358 g/mol. The van der Waals surface area contributed by atoms with Gasteiger partial charge in [0.1, 0.15) is 11.6 Å². The van der Waals surface area contributed by atoms with Gasteiger partial charge in [-0.1, -0.05) is 19.3 Å². The monoisotopic (exact) mass is 357 g/mol. The van der Waals surface area contributed by atoms with Gasteiger partial charge in [-0.25, -0.2) is 8.78 Å². The lowest BCUT2D eigenvalue weighted by Gasteiger charge is -2.38. The highest BCUT2D eigenvalue weighted by Gasteiger charge is 2.35. The molecule has 1 N–H and O–H groups in total. The highest BCUT2D eigenvalue weighted by Crippen LogP contribution is 2.41. The van der Waals surface area contributed by atoms with Gasteiger partial charge in [0, 0.05) is 18.2 Å². The Kier molecular flexibility index (Phi) is 4.65. The Hall–Kier alpha value is -0.480. The molecule has 2 aliphatic carbocycles. The van der Waals surface area contributed by atoms with E-state index in [9.17, 15) is 8.78 Å². The molecule has 0 aromatic heterocycles. The Morgan fingerprint density at radius 1 is 1.14 bits per heavy atom. The fourth-order valence-electron chi connectivity index (χ4n) is 3.47. The number of benzene rings is 1. The van der Waals surface area contributed by atoms with Gasteiger partial charge in [0.25, 0.3) is 0 Å². The summed E-state index contributed by atoms with van der Waals surface area (Å²) in [7, 11) is 0. The zero-order valence-electron chi connectivity index (χ0n) is 12.2.